The minimum atomic E-state index is -0.897. The third-order valence-electron chi connectivity index (χ3n) is 3.30. The molecule has 1 nitrogen and oxygen atoms in total. The van der Waals surface area contributed by atoms with Crippen LogP contribution in [0.25, 0.3) is 10.1 Å². The Morgan fingerprint density at radius 1 is 1.00 bits per heavy atom. The highest BCUT2D eigenvalue weighted by Crippen LogP contribution is 2.34. The van der Waals surface area contributed by atoms with Crippen molar-refractivity contribution in [2.75, 3.05) is 0 Å². The van der Waals surface area contributed by atoms with Crippen LogP contribution in [0.4, 0.5) is 8.78 Å². The normalized spacial score (nSPS) is 12.8. The van der Waals surface area contributed by atoms with Crippen molar-refractivity contribution < 1.29 is 13.9 Å². The van der Waals surface area contributed by atoms with Crippen LogP contribution in [-0.2, 0) is 0 Å². The van der Waals surface area contributed by atoms with Crippen molar-refractivity contribution in [2.24, 2.45) is 0 Å². The number of fused-ring (bicyclic) bond motifs is 1. The fourth-order valence-electron chi connectivity index (χ4n) is 2.23. The van der Waals surface area contributed by atoms with E-state index in [4.69, 9.17) is 0 Å². The van der Waals surface area contributed by atoms with Crippen LogP contribution >= 0.6 is 11.3 Å². The first-order chi connectivity index (χ1) is 9.54. The summed E-state index contributed by atoms with van der Waals surface area (Å²) in [4.78, 5) is 0.680. The SMILES string of the molecule is Cc1ccc(F)cc1C(O)c1cc2cc(F)ccc2s1. The van der Waals surface area contributed by atoms with Crippen molar-refractivity contribution in [3.05, 3.63) is 70.1 Å². The Labute approximate surface area is 119 Å². The largest absolute Gasteiger partial charge is 0.383 e. The summed E-state index contributed by atoms with van der Waals surface area (Å²) in [5.41, 5.74) is 1.36. The second-order valence-corrected chi connectivity index (χ2v) is 5.85. The molecule has 0 fully saturated rings. The molecule has 1 atom stereocenters. The van der Waals surface area contributed by atoms with Crippen LogP contribution < -0.4 is 0 Å². The molecule has 0 aliphatic rings. The molecule has 3 aromatic rings. The van der Waals surface area contributed by atoms with E-state index >= 15 is 0 Å². The Kier molecular flexibility index (Phi) is 3.28. The quantitative estimate of drug-likeness (QED) is 0.733. The first kappa shape index (κ1) is 13.2. The Morgan fingerprint density at radius 2 is 1.70 bits per heavy atom. The van der Waals surface area contributed by atoms with Crippen molar-refractivity contribution in [3.63, 3.8) is 0 Å². The number of thiophene rings is 1. The molecule has 0 aliphatic heterocycles. The summed E-state index contributed by atoms with van der Waals surface area (Å²) < 4.78 is 27.4. The maximum absolute atomic E-state index is 13.3. The lowest BCUT2D eigenvalue weighted by molar-refractivity contribution is 0.223. The minimum Gasteiger partial charge on any atom is -0.383 e. The molecule has 4 heteroatoms. The lowest BCUT2D eigenvalue weighted by Crippen LogP contribution is -2.00. The second kappa shape index (κ2) is 4.96. The highest BCUT2D eigenvalue weighted by Gasteiger charge is 2.16. The van der Waals surface area contributed by atoms with Crippen molar-refractivity contribution in [2.45, 2.75) is 13.0 Å². The highest BCUT2D eigenvalue weighted by molar-refractivity contribution is 7.19. The summed E-state index contributed by atoms with van der Waals surface area (Å²) in [6.07, 6.45) is -0.897. The summed E-state index contributed by atoms with van der Waals surface area (Å²) >= 11 is 1.38. The van der Waals surface area contributed by atoms with Crippen LogP contribution in [0.2, 0.25) is 0 Å². The van der Waals surface area contributed by atoms with Gasteiger partial charge in [0.1, 0.15) is 17.7 Å². The van der Waals surface area contributed by atoms with Crippen molar-refractivity contribution >= 4 is 21.4 Å². The first-order valence-electron chi connectivity index (χ1n) is 6.18. The van der Waals surface area contributed by atoms with Gasteiger partial charge < -0.3 is 5.11 Å². The van der Waals surface area contributed by atoms with E-state index in [0.717, 1.165) is 15.6 Å². The molecule has 0 aliphatic carbocycles. The monoisotopic (exact) mass is 290 g/mol. The Bertz CT molecular complexity index is 779. The molecule has 0 bridgehead atoms. The van der Waals surface area contributed by atoms with Crippen LogP contribution in [0.5, 0.6) is 0 Å². The van der Waals surface area contributed by atoms with Gasteiger partial charge in [0.25, 0.3) is 0 Å². The van der Waals surface area contributed by atoms with Gasteiger partial charge in [0.05, 0.1) is 0 Å². The second-order valence-electron chi connectivity index (χ2n) is 4.73. The summed E-state index contributed by atoms with van der Waals surface area (Å²) in [5.74, 6) is -0.685. The molecule has 3 rings (SSSR count). The van der Waals surface area contributed by atoms with Crippen LogP contribution in [0.3, 0.4) is 0 Å². The van der Waals surface area contributed by atoms with Crippen molar-refractivity contribution in [1.82, 2.24) is 0 Å². The molecular formula is C16H12F2OS. The van der Waals surface area contributed by atoms with Gasteiger partial charge in [0.15, 0.2) is 0 Å². The highest BCUT2D eigenvalue weighted by atomic mass is 32.1. The number of aliphatic hydroxyl groups excluding tert-OH is 1. The molecule has 0 spiro atoms. The van der Waals surface area contributed by atoms with E-state index < -0.39 is 6.10 Å². The molecular weight excluding hydrogens is 278 g/mol. The lowest BCUT2D eigenvalue weighted by Gasteiger charge is -2.12. The van der Waals surface area contributed by atoms with Crippen LogP contribution in [0.1, 0.15) is 22.1 Å². The van der Waals surface area contributed by atoms with E-state index in [1.807, 2.05) is 6.92 Å². The van der Waals surface area contributed by atoms with Gasteiger partial charge in [-0.3, -0.25) is 0 Å². The van der Waals surface area contributed by atoms with Crippen LogP contribution in [0.15, 0.2) is 42.5 Å². The first-order valence-corrected chi connectivity index (χ1v) is 6.99. The standard InChI is InChI=1S/C16H12F2OS/c1-9-2-3-12(18)8-13(9)16(19)15-7-10-6-11(17)4-5-14(10)20-15/h2-8,16,19H,1H3. The third kappa shape index (κ3) is 2.32. The Balaban J connectivity index is 2.07. The van der Waals surface area contributed by atoms with E-state index in [2.05, 4.69) is 0 Å². The van der Waals surface area contributed by atoms with Gasteiger partial charge in [-0.25, -0.2) is 8.78 Å². The fourth-order valence-corrected chi connectivity index (χ4v) is 3.28. The maximum Gasteiger partial charge on any atom is 0.123 e. The average molecular weight is 290 g/mol. The molecule has 20 heavy (non-hydrogen) atoms. The maximum atomic E-state index is 13.3. The minimum absolute atomic E-state index is 0.307. The van der Waals surface area contributed by atoms with Gasteiger partial charge in [-0.2, -0.15) is 0 Å². The molecule has 0 radical (unpaired) electrons. The molecule has 0 saturated heterocycles. The third-order valence-corrected chi connectivity index (χ3v) is 4.47. The number of rotatable bonds is 2. The lowest BCUT2D eigenvalue weighted by atomic mass is 10.0. The molecule has 0 amide bonds. The molecule has 0 saturated carbocycles. The zero-order valence-corrected chi connectivity index (χ0v) is 11.5. The summed E-state index contributed by atoms with van der Waals surface area (Å²) in [5, 5.41) is 11.2. The van der Waals surface area contributed by atoms with Gasteiger partial charge in [-0.1, -0.05) is 6.07 Å². The number of hydrogen-bond acceptors (Lipinski definition) is 2. The Morgan fingerprint density at radius 3 is 2.50 bits per heavy atom. The van der Waals surface area contributed by atoms with Gasteiger partial charge >= 0.3 is 0 Å². The molecule has 1 unspecified atom stereocenters. The van der Waals surface area contributed by atoms with Crippen molar-refractivity contribution in [1.29, 1.82) is 0 Å². The van der Waals surface area contributed by atoms with Gasteiger partial charge in [0.2, 0.25) is 0 Å². The van der Waals surface area contributed by atoms with E-state index in [-0.39, 0.29) is 11.6 Å². The molecule has 1 heterocycles. The average Bonchev–Trinajstić information content (AvgIpc) is 2.83. The number of aliphatic hydroxyl groups is 1. The number of halogens is 2. The number of aryl methyl sites for hydroxylation is 1. The van der Waals surface area contributed by atoms with E-state index in [9.17, 15) is 13.9 Å². The smallest absolute Gasteiger partial charge is 0.123 e. The number of benzene rings is 2. The molecule has 2 aromatic carbocycles. The Hall–Kier alpha value is -1.78. The summed E-state index contributed by atoms with van der Waals surface area (Å²) in [7, 11) is 0. The predicted octanol–water partition coefficient (Wildman–Crippen LogP) is 4.57. The zero-order valence-electron chi connectivity index (χ0n) is 10.7. The van der Waals surface area contributed by atoms with E-state index in [1.165, 1.54) is 35.6 Å². The van der Waals surface area contributed by atoms with Crippen LogP contribution in [-0.4, -0.2) is 5.11 Å². The van der Waals surface area contributed by atoms with Crippen LogP contribution in [0, 0.1) is 18.6 Å². The number of hydrogen-bond donors (Lipinski definition) is 1. The summed E-state index contributed by atoms with van der Waals surface area (Å²) in [6.45, 7) is 1.82. The molecule has 102 valence electrons. The molecule has 1 N–H and O–H groups in total. The van der Waals surface area contributed by atoms with Gasteiger partial charge in [-0.05, 0) is 59.8 Å². The van der Waals surface area contributed by atoms with Gasteiger partial charge in [-0.15, -0.1) is 11.3 Å². The summed E-state index contributed by atoms with van der Waals surface area (Å²) in [6, 6.07) is 10.6. The molecule has 1 aromatic heterocycles. The topological polar surface area (TPSA) is 20.2 Å². The van der Waals surface area contributed by atoms with Crippen molar-refractivity contribution in [3.8, 4) is 0 Å². The zero-order chi connectivity index (χ0) is 14.3. The van der Waals surface area contributed by atoms with E-state index in [1.54, 1.807) is 18.2 Å². The predicted molar refractivity (Wildman–Crippen MR) is 77.0 cm³/mol. The fraction of sp³-hybridized carbons (Fsp3) is 0.125. The van der Waals surface area contributed by atoms with E-state index in [0.29, 0.717) is 10.4 Å². The van der Waals surface area contributed by atoms with Gasteiger partial charge in [0, 0.05) is 9.58 Å².